The van der Waals surface area contributed by atoms with Crippen molar-refractivity contribution in [1.82, 2.24) is 0 Å². The lowest BCUT2D eigenvalue weighted by molar-refractivity contribution is -0.114. The van der Waals surface area contributed by atoms with Gasteiger partial charge < -0.3 is 4.74 Å². The van der Waals surface area contributed by atoms with Crippen LogP contribution in [-0.4, -0.2) is 12.4 Å². The number of benzene rings is 1. The van der Waals surface area contributed by atoms with Crippen molar-refractivity contribution in [3.63, 3.8) is 0 Å². The second-order valence-corrected chi connectivity index (χ2v) is 8.57. The van der Waals surface area contributed by atoms with Gasteiger partial charge in [0.15, 0.2) is 12.4 Å². The molecule has 1 aromatic rings. The summed E-state index contributed by atoms with van der Waals surface area (Å²) in [5.41, 5.74) is 1.32. The van der Waals surface area contributed by atoms with Gasteiger partial charge in [-0.25, -0.2) is 0 Å². The van der Waals surface area contributed by atoms with E-state index in [1.165, 1.54) is 89.0 Å². The number of carbonyl (C=O) groups excluding carboxylic acids is 1. The second kappa shape index (κ2) is 18.7. The first kappa shape index (κ1) is 25.7. The summed E-state index contributed by atoms with van der Waals surface area (Å²) in [6, 6.07) is 8.31. The number of aldehydes is 1. The summed E-state index contributed by atoms with van der Waals surface area (Å²) in [7, 11) is 0. The van der Waals surface area contributed by atoms with Crippen molar-refractivity contribution in [3.8, 4) is 5.75 Å². The van der Waals surface area contributed by atoms with Crippen LogP contribution < -0.4 is 4.74 Å². The van der Waals surface area contributed by atoms with E-state index in [0.29, 0.717) is 0 Å². The van der Waals surface area contributed by atoms with E-state index in [2.05, 4.69) is 32.0 Å². The van der Waals surface area contributed by atoms with Crippen molar-refractivity contribution < 1.29 is 9.53 Å². The molecule has 0 saturated carbocycles. The average Bonchev–Trinajstić information content (AvgIpc) is 2.74. The molecule has 1 unspecified atom stereocenters. The van der Waals surface area contributed by atoms with Crippen LogP contribution >= 0.6 is 0 Å². The molecule has 0 N–H and O–H groups in total. The van der Waals surface area contributed by atoms with Gasteiger partial charge in [0.1, 0.15) is 5.75 Å². The maximum atomic E-state index is 11.2. The lowest BCUT2D eigenvalue weighted by Crippen LogP contribution is -2.17. The number of hydrogen-bond acceptors (Lipinski definition) is 2. The number of ether oxygens (including phenoxy) is 1. The summed E-state index contributed by atoms with van der Waals surface area (Å²) in [5.74, 6) is 0.838. The van der Waals surface area contributed by atoms with Crippen molar-refractivity contribution in [2.24, 2.45) is 0 Å². The summed E-state index contributed by atoms with van der Waals surface area (Å²) in [6.45, 7) is 4.42. The lowest BCUT2D eigenvalue weighted by atomic mass is 10.0. The molecule has 0 radical (unpaired) electrons. The van der Waals surface area contributed by atoms with Gasteiger partial charge in [-0.3, -0.25) is 4.79 Å². The topological polar surface area (TPSA) is 26.3 Å². The first-order valence-electron chi connectivity index (χ1n) is 12.5. The van der Waals surface area contributed by atoms with E-state index in [0.717, 1.165) is 37.7 Å². The molecule has 29 heavy (non-hydrogen) atoms. The Balaban J connectivity index is 2.05. The molecule has 2 nitrogen and oxygen atoms in total. The monoisotopic (exact) mass is 402 g/mol. The first-order valence-corrected chi connectivity index (χ1v) is 12.5. The highest BCUT2D eigenvalue weighted by molar-refractivity contribution is 5.56. The van der Waals surface area contributed by atoms with Gasteiger partial charge in [0.25, 0.3) is 0 Å². The van der Waals surface area contributed by atoms with Crippen molar-refractivity contribution >= 4 is 6.29 Å². The smallest absolute Gasteiger partial charge is 0.160 e. The van der Waals surface area contributed by atoms with Crippen LogP contribution in [0.5, 0.6) is 5.75 Å². The molecule has 0 bridgehead atoms. The van der Waals surface area contributed by atoms with Gasteiger partial charge in [-0.15, -0.1) is 0 Å². The molecule has 0 spiro atoms. The fraction of sp³-hybridized carbons (Fsp3) is 0.741. The zero-order valence-corrected chi connectivity index (χ0v) is 19.3. The van der Waals surface area contributed by atoms with E-state index in [4.69, 9.17) is 4.74 Å². The minimum atomic E-state index is -0.304. The third-order valence-electron chi connectivity index (χ3n) is 5.75. The number of hydrogen-bond donors (Lipinski definition) is 0. The minimum Gasteiger partial charge on any atom is -0.483 e. The quantitative estimate of drug-likeness (QED) is 0.161. The zero-order chi connectivity index (χ0) is 21.0. The van der Waals surface area contributed by atoms with E-state index in [9.17, 15) is 4.79 Å². The highest BCUT2D eigenvalue weighted by Crippen LogP contribution is 2.19. The van der Waals surface area contributed by atoms with E-state index < -0.39 is 0 Å². The Labute approximate surface area is 180 Å². The predicted molar refractivity (Wildman–Crippen MR) is 126 cm³/mol. The minimum absolute atomic E-state index is 0.304. The van der Waals surface area contributed by atoms with Crippen LogP contribution in [0.4, 0.5) is 0 Å². The standard InChI is InChI=1S/C27H46O2/c1-3-5-7-8-9-10-11-12-13-14-15-16-17-19-25-20-18-22-26(23-25)29-27(24-28)21-6-4-2/h18,20,22-24,27H,3-17,19,21H2,1-2H3. The van der Waals surface area contributed by atoms with Crippen LogP contribution in [0, 0.1) is 0 Å². The summed E-state index contributed by atoms with van der Waals surface area (Å²) < 4.78 is 5.86. The van der Waals surface area contributed by atoms with Crippen LogP contribution in [0.2, 0.25) is 0 Å². The average molecular weight is 403 g/mol. The molecule has 0 aliphatic rings. The summed E-state index contributed by atoms with van der Waals surface area (Å²) in [5, 5.41) is 0. The predicted octanol–water partition coefficient (Wildman–Crippen LogP) is 8.46. The molecule has 1 aromatic carbocycles. The Morgan fingerprint density at radius 1 is 0.759 bits per heavy atom. The molecule has 0 amide bonds. The molecule has 0 aromatic heterocycles. The van der Waals surface area contributed by atoms with E-state index in [-0.39, 0.29) is 6.10 Å². The SMILES string of the molecule is CCCCCCCCCCCCCCCc1cccc(OC(C=O)CCCC)c1. The molecular weight excluding hydrogens is 356 g/mol. The van der Waals surface area contributed by atoms with Crippen LogP contribution in [0.3, 0.4) is 0 Å². The molecule has 1 rings (SSSR count). The first-order chi connectivity index (χ1) is 14.3. The normalized spacial score (nSPS) is 12.1. The molecule has 2 heteroatoms. The number of aryl methyl sites for hydroxylation is 1. The molecule has 0 heterocycles. The van der Waals surface area contributed by atoms with Crippen LogP contribution in [0.1, 0.15) is 122 Å². The Kier molecular flexibility index (Phi) is 16.6. The van der Waals surface area contributed by atoms with Crippen LogP contribution in [0.25, 0.3) is 0 Å². The molecular formula is C27H46O2. The molecule has 0 aliphatic carbocycles. The largest absolute Gasteiger partial charge is 0.483 e. The van der Waals surface area contributed by atoms with Crippen molar-refractivity contribution in [1.29, 1.82) is 0 Å². The highest BCUT2D eigenvalue weighted by atomic mass is 16.5. The second-order valence-electron chi connectivity index (χ2n) is 8.57. The Morgan fingerprint density at radius 3 is 1.86 bits per heavy atom. The van der Waals surface area contributed by atoms with Crippen molar-refractivity contribution in [3.05, 3.63) is 29.8 Å². The van der Waals surface area contributed by atoms with E-state index in [1.54, 1.807) is 0 Å². The van der Waals surface area contributed by atoms with Gasteiger partial charge in [-0.05, 0) is 43.4 Å². The zero-order valence-electron chi connectivity index (χ0n) is 19.3. The fourth-order valence-electron chi connectivity index (χ4n) is 3.86. The maximum Gasteiger partial charge on any atom is 0.160 e. The van der Waals surface area contributed by atoms with E-state index in [1.807, 2.05) is 6.07 Å². The third-order valence-corrected chi connectivity index (χ3v) is 5.75. The fourth-order valence-corrected chi connectivity index (χ4v) is 3.86. The summed E-state index contributed by atoms with van der Waals surface area (Å²) >= 11 is 0. The van der Waals surface area contributed by atoms with Crippen LogP contribution in [0.15, 0.2) is 24.3 Å². The lowest BCUT2D eigenvalue weighted by Gasteiger charge is -2.14. The Bertz CT molecular complexity index is 497. The molecule has 0 fully saturated rings. The molecule has 0 saturated heterocycles. The number of unbranched alkanes of at least 4 members (excludes halogenated alkanes) is 13. The Hall–Kier alpha value is -1.31. The molecule has 166 valence electrons. The summed E-state index contributed by atoms with van der Waals surface area (Å²) in [6.07, 6.45) is 22.7. The molecule has 0 aliphatic heterocycles. The van der Waals surface area contributed by atoms with Gasteiger partial charge >= 0.3 is 0 Å². The number of rotatable bonds is 20. The van der Waals surface area contributed by atoms with Gasteiger partial charge in [-0.2, -0.15) is 0 Å². The number of carbonyl (C=O) groups is 1. The van der Waals surface area contributed by atoms with Gasteiger partial charge in [-0.1, -0.05) is 109 Å². The molecule has 1 atom stereocenters. The van der Waals surface area contributed by atoms with Crippen molar-refractivity contribution in [2.75, 3.05) is 0 Å². The van der Waals surface area contributed by atoms with Gasteiger partial charge in [0.2, 0.25) is 0 Å². The van der Waals surface area contributed by atoms with Gasteiger partial charge in [0.05, 0.1) is 0 Å². The maximum absolute atomic E-state index is 11.2. The summed E-state index contributed by atoms with van der Waals surface area (Å²) in [4.78, 5) is 11.2. The van der Waals surface area contributed by atoms with E-state index >= 15 is 0 Å². The van der Waals surface area contributed by atoms with Crippen LogP contribution in [-0.2, 0) is 11.2 Å². The van der Waals surface area contributed by atoms with Crippen molar-refractivity contribution in [2.45, 2.75) is 129 Å². The third kappa shape index (κ3) is 14.3. The highest BCUT2D eigenvalue weighted by Gasteiger charge is 2.08. The Morgan fingerprint density at radius 2 is 1.31 bits per heavy atom. The van der Waals surface area contributed by atoms with Gasteiger partial charge in [0, 0.05) is 0 Å².